The molecule has 0 saturated heterocycles. The van der Waals surface area contributed by atoms with Crippen LogP contribution >= 0.6 is 0 Å². The Morgan fingerprint density at radius 1 is 1.05 bits per heavy atom. The van der Waals surface area contributed by atoms with Crippen molar-refractivity contribution in [1.29, 1.82) is 0 Å². The number of nitrogens with zero attached hydrogens (tertiary/aromatic N) is 1. The highest BCUT2D eigenvalue weighted by Gasteiger charge is 2.06. The van der Waals surface area contributed by atoms with Gasteiger partial charge in [-0.1, -0.05) is 30.3 Å². The molecule has 2 aromatic carbocycles. The minimum atomic E-state index is -0.348. The average Bonchev–Trinajstić information content (AvgIpc) is 2.46. The van der Waals surface area contributed by atoms with E-state index in [0.717, 1.165) is 12.2 Å². The maximum Gasteiger partial charge on any atom is 0.107 e. The lowest BCUT2D eigenvalue weighted by Crippen LogP contribution is -2.29. The lowest BCUT2D eigenvalue weighted by molar-refractivity contribution is 0.153. The van der Waals surface area contributed by atoms with Crippen molar-refractivity contribution in [2.75, 3.05) is 37.9 Å². The molecule has 0 fully saturated rings. The molecule has 0 saturated carbocycles. The molecule has 0 aliphatic carbocycles. The monoisotopic (exact) mass is 261 g/mol. The van der Waals surface area contributed by atoms with E-state index in [0.29, 0.717) is 19.8 Å². The molecule has 3 heteroatoms. The van der Waals surface area contributed by atoms with Gasteiger partial charge in [0.1, 0.15) is 6.67 Å². The van der Waals surface area contributed by atoms with E-state index in [2.05, 4.69) is 24.3 Å². The second-order valence-corrected chi connectivity index (χ2v) is 4.40. The number of hydrogen-bond donors (Lipinski definition) is 0. The topological polar surface area (TPSA) is 12.5 Å². The van der Waals surface area contributed by atoms with Crippen molar-refractivity contribution in [1.82, 2.24) is 0 Å². The third kappa shape index (κ3) is 3.67. The van der Waals surface area contributed by atoms with E-state index in [1.54, 1.807) is 0 Å². The fourth-order valence-electron chi connectivity index (χ4n) is 2.16. The fraction of sp³-hybridized carbons (Fsp3) is 0.375. The van der Waals surface area contributed by atoms with Crippen LogP contribution in [0.25, 0.3) is 10.8 Å². The van der Waals surface area contributed by atoms with Crippen LogP contribution in [0.3, 0.4) is 0 Å². The van der Waals surface area contributed by atoms with Crippen LogP contribution in [0.2, 0.25) is 0 Å². The zero-order chi connectivity index (χ0) is 13.5. The molecule has 0 heterocycles. The van der Waals surface area contributed by atoms with Crippen LogP contribution in [0.1, 0.15) is 6.92 Å². The van der Waals surface area contributed by atoms with Gasteiger partial charge in [-0.25, -0.2) is 4.39 Å². The Kier molecular flexibility index (Phi) is 5.16. The zero-order valence-corrected chi connectivity index (χ0v) is 11.3. The smallest absolute Gasteiger partial charge is 0.107 e. The van der Waals surface area contributed by atoms with Crippen molar-refractivity contribution < 1.29 is 9.13 Å². The van der Waals surface area contributed by atoms with Gasteiger partial charge in [-0.2, -0.15) is 0 Å². The second kappa shape index (κ2) is 7.10. The number of fused-ring (bicyclic) bond motifs is 1. The predicted octanol–water partition coefficient (Wildman–Crippen LogP) is 3.65. The van der Waals surface area contributed by atoms with Crippen molar-refractivity contribution in [3.05, 3.63) is 42.5 Å². The van der Waals surface area contributed by atoms with Crippen LogP contribution in [0.4, 0.5) is 10.1 Å². The summed E-state index contributed by atoms with van der Waals surface area (Å²) in [7, 11) is 0. The molecule has 0 aliphatic heterocycles. The Bertz CT molecular complexity index is 515. The van der Waals surface area contributed by atoms with Gasteiger partial charge in [0.05, 0.1) is 6.61 Å². The Labute approximate surface area is 113 Å². The van der Waals surface area contributed by atoms with Crippen LogP contribution in [-0.2, 0) is 4.74 Å². The summed E-state index contributed by atoms with van der Waals surface area (Å²) >= 11 is 0. The highest BCUT2D eigenvalue weighted by atomic mass is 19.1. The highest BCUT2D eigenvalue weighted by Crippen LogP contribution is 2.21. The molecule has 102 valence electrons. The average molecular weight is 261 g/mol. The molecule has 0 atom stereocenters. The van der Waals surface area contributed by atoms with E-state index in [9.17, 15) is 4.39 Å². The van der Waals surface area contributed by atoms with E-state index in [-0.39, 0.29) is 6.67 Å². The Hall–Kier alpha value is -1.61. The first-order valence-electron chi connectivity index (χ1n) is 6.72. The van der Waals surface area contributed by atoms with Gasteiger partial charge in [0, 0.05) is 25.4 Å². The molecule has 0 N–H and O–H groups in total. The van der Waals surface area contributed by atoms with Crippen molar-refractivity contribution in [2.45, 2.75) is 6.92 Å². The summed E-state index contributed by atoms with van der Waals surface area (Å²) in [5.74, 6) is 0. The third-order valence-electron chi connectivity index (χ3n) is 3.16. The van der Waals surface area contributed by atoms with Crippen molar-refractivity contribution in [3.63, 3.8) is 0 Å². The number of halogens is 1. The Morgan fingerprint density at radius 2 is 1.84 bits per heavy atom. The molecule has 0 aliphatic rings. The van der Waals surface area contributed by atoms with Gasteiger partial charge < -0.3 is 9.64 Å². The molecular weight excluding hydrogens is 241 g/mol. The molecule has 0 spiro atoms. The molecule has 2 rings (SSSR count). The number of rotatable bonds is 7. The minimum absolute atomic E-state index is 0.348. The zero-order valence-electron chi connectivity index (χ0n) is 11.3. The Balaban J connectivity index is 2.17. The molecular formula is C16H20FNO. The maximum absolute atomic E-state index is 12.7. The lowest BCUT2D eigenvalue weighted by Gasteiger charge is -2.23. The quantitative estimate of drug-likeness (QED) is 0.705. The molecule has 0 unspecified atom stereocenters. The summed E-state index contributed by atoms with van der Waals surface area (Å²) in [6, 6.07) is 14.4. The summed E-state index contributed by atoms with van der Waals surface area (Å²) < 4.78 is 18.0. The largest absolute Gasteiger partial charge is 0.380 e. The minimum Gasteiger partial charge on any atom is -0.380 e. The molecule has 19 heavy (non-hydrogen) atoms. The SMILES string of the molecule is CCOCCN(CCF)c1ccc2ccccc2c1. The molecule has 2 aromatic rings. The first-order valence-corrected chi connectivity index (χ1v) is 6.72. The van der Waals surface area contributed by atoms with Gasteiger partial charge in [0.25, 0.3) is 0 Å². The molecule has 0 amide bonds. The summed E-state index contributed by atoms with van der Waals surface area (Å²) in [4.78, 5) is 2.03. The van der Waals surface area contributed by atoms with Gasteiger partial charge in [0.15, 0.2) is 0 Å². The molecule has 0 aromatic heterocycles. The predicted molar refractivity (Wildman–Crippen MR) is 78.6 cm³/mol. The van der Waals surface area contributed by atoms with Gasteiger partial charge in [0.2, 0.25) is 0 Å². The van der Waals surface area contributed by atoms with E-state index >= 15 is 0 Å². The molecule has 0 bridgehead atoms. The van der Waals surface area contributed by atoms with E-state index in [1.165, 1.54) is 10.8 Å². The fourth-order valence-corrected chi connectivity index (χ4v) is 2.16. The van der Waals surface area contributed by atoms with Crippen LogP contribution in [0.15, 0.2) is 42.5 Å². The molecule has 0 radical (unpaired) electrons. The van der Waals surface area contributed by atoms with Crippen LogP contribution < -0.4 is 4.90 Å². The summed E-state index contributed by atoms with van der Waals surface area (Å²) in [6.45, 7) is 4.07. The lowest BCUT2D eigenvalue weighted by atomic mass is 10.1. The normalized spacial score (nSPS) is 10.8. The number of anilines is 1. The van der Waals surface area contributed by atoms with Gasteiger partial charge in [-0.3, -0.25) is 0 Å². The number of hydrogen-bond acceptors (Lipinski definition) is 2. The maximum atomic E-state index is 12.7. The number of ether oxygens (including phenoxy) is 1. The van der Waals surface area contributed by atoms with Gasteiger partial charge in [-0.15, -0.1) is 0 Å². The number of benzene rings is 2. The van der Waals surface area contributed by atoms with Crippen molar-refractivity contribution in [2.24, 2.45) is 0 Å². The van der Waals surface area contributed by atoms with Crippen molar-refractivity contribution in [3.8, 4) is 0 Å². The standard InChI is InChI=1S/C16H20FNO/c1-2-19-12-11-18(10-9-17)16-8-7-14-5-3-4-6-15(14)13-16/h3-8,13H,2,9-12H2,1H3. The van der Waals surface area contributed by atoms with Crippen LogP contribution in [-0.4, -0.2) is 33.0 Å². The van der Waals surface area contributed by atoms with Gasteiger partial charge >= 0.3 is 0 Å². The van der Waals surface area contributed by atoms with E-state index in [1.807, 2.05) is 30.0 Å². The highest BCUT2D eigenvalue weighted by molar-refractivity contribution is 5.85. The number of alkyl halides is 1. The molecule has 2 nitrogen and oxygen atoms in total. The summed E-state index contributed by atoms with van der Waals surface area (Å²) in [5, 5.41) is 2.39. The van der Waals surface area contributed by atoms with Crippen molar-refractivity contribution >= 4 is 16.5 Å². The first-order chi connectivity index (χ1) is 9.35. The Morgan fingerprint density at radius 3 is 2.58 bits per heavy atom. The third-order valence-corrected chi connectivity index (χ3v) is 3.16. The van der Waals surface area contributed by atoms with E-state index < -0.39 is 0 Å². The second-order valence-electron chi connectivity index (χ2n) is 4.40. The first kappa shape index (κ1) is 13.8. The summed E-state index contributed by atoms with van der Waals surface area (Å²) in [5.41, 5.74) is 1.05. The van der Waals surface area contributed by atoms with Crippen LogP contribution in [0, 0.1) is 0 Å². The van der Waals surface area contributed by atoms with Crippen LogP contribution in [0.5, 0.6) is 0 Å². The summed E-state index contributed by atoms with van der Waals surface area (Å²) in [6.07, 6.45) is 0. The van der Waals surface area contributed by atoms with E-state index in [4.69, 9.17) is 4.74 Å². The van der Waals surface area contributed by atoms with Gasteiger partial charge in [-0.05, 0) is 29.8 Å².